The number of likely N-dealkylation sites (tertiary alicyclic amines) is 2. The zero-order chi connectivity index (χ0) is 15.5. The van der Waals surface area contributed by atoms with Gasteiger partial charge in [0.05, 0.1) is 30.6 Å². The molecule has 0 saturated carbocycles. The summed E-state index contributed by atoms with van der Waals surface area (Å²) >= 11 is 5.73. The van der Waals surface area contributed by atoms with E-state index >= 15 is 0 Å². The second kappa shape index (κ2) is 6.81. The number of aromatic nitrogens is 1. The van der Waals surface area contributed by atoms with Gasteiger partial charge >= 0.3 is 6.03 Å². The molecule has 3 rings (SSSR count). The van der Waals surface area contributed by atoms with Crippen LogP contribution in [0.1, 0.15) is 19.3 Å². The number of nitrogens with one attached hydrogen (secondary N) is 1. The van der Waals surface area contributed by atoms with Gasteiger partial charge in [-0.3, -0.25) is 4.90 Å². The number of hydrogen-bond donors (Lipinski definition) is 2. The van der Waals surface area contributed by atoms with Gasteiger partial charge in [0.1, 0.15) is 5.15 Å². The molecule has 2 atom stereocenters. The molecule has 2 fully saturated rings. The van der Waals surface area contributed by atoms with Crippen molar-refractivity contribution in [2.75, 3.05) is 31.5 Å². The number of nitrogens with zero attached hydrogens (tertiary/aromatic N) is 3. The normalized spacial score (nSPS) is 26.2. The Kier molecular flexibility index (Phi) is 4.81. The fourth-order valence-electron chi connectivity index (χ4n) is 3.20. The van der Waals surface area contributed by atoms with Crippen LogP contribution in [0.3, 0.4) is 0 Å². The van der Waals surface area contributed by atoms with E-state index in [-0.39, 0.29) is 12.1 Å². The molecule has 0 bridgehead atoms. The average molecular weight is 325 g/mol. The molecule has 0 aromatic carbocycles. The van der Waals surface area contributed by atoms with Crippen molar-refractivity contribution in [2.45, 2.75) is 31.4 Å². The first kappa shape index (κ1) is 15.5. The van der Waals surface area contributed by atoms with E-state index in [1.807, 2.05) is 0 Å². The Bertz CT molecular complexity index is 519. The lowest BCUT2D eigenvalue weighted by Gasteiger charge is -2.33. The van der Waals surface area contributed by atoms with Crippen molar-refractivity contribution in [2.24, 2.45) is 0 Å². The van der Waals surface area contributed by atoms with E-state index in [1.165, 1.54) is 25.5 Å². The number of aliphatic hydroxyl groups is 1. The summed E-state index contributed by atoms with van der Waals surface area (Å²) in [6.45, 7) is 2.96. The molecule has 120 valence electrons. The van der Waals surface area contributed by atoms with E-state index in [1.54, 1.807) is 17.0 Å². The molecule has 1 aromatic rings. The van der Waals surface area contributed by atoms with Gasteiger partial charge in [0, 0.05) is 6.54 Å². The minimum absolute atomic E-state index is 0.0504. The first-order valence-electron chi connectivity index (χ1n) is 7.73. The summed E-state index contributed by atoms with van der Waals surface area (Å²) in [6, 6.07) is 3.19. The van der Waals surface area contributed by atoms with E-state index in [0.717, 1.165) is 13.1 Å². The van der Waals surface area contributed by atoms with Crippen molar-refractivity contribution in [3.8, 4) is 0 Å². The van der Waals surface area contributed by atoms with Crippen LogP contribution < -0.4 is 5.32 Å². The number of hydrogen-bond acceptors (Lipinski definition) is 4. The fourth-order valence-corrected chi connectivity index (χ4v) is 3.31. The number of anilines is 1. The van der Waals surface area contributed by atoms with Gasteiger partial charge in [-0.2, -0.15) is 0 Å². The molecule has 2 aliphatic heterocycles. The number of halogens is 1. The minimum atomic E-state index is -0.479. The summed E-state index contributed by atoms with van der Waals surface area (Å²) in [7, 11) is 0. The van der Waals surface area contributed by atoms with Crippen molar-refractivity contribution >= 4 is 23.3 Å². The lowest BCUT2D eigenvalue weighted by atomic mass is 10.1. The Morgan fingerprint density at radius 1 is 1.27 bits per heavy atom. The van der Waals surface area contributed by atoms with Gasteiger partial charge in [-0.1, -0.05) is 18.0 Å². The number of carbonyl (C=O) groups is 1. The van der Waals surface area contributed by atoms with E-state index in [4.69, 9.17) is 11.6 Å². The second-order valence-corrected chi connectivity index (χ2v) is 6.32. The topological polar surface area (TPSA) is 68.7 Å². The van der Waals surface area contributed by atoms with E-state index in [0.29, 0.717) is 23.9 Å². The fraction of sp³-hybridized carbons (Fsp3) is 0.600. The minimum Gasteiger partial charge on any atom is -0.390 e. The van der Waals surface area contributed by atoms with Crippen LogP contribution >= 0.6 is 11.6 Å². The first-order valence-corrected chi connectivity index (χ1v) is 8.11. The predicted octanol–water partition coefficient (Wildman–Crippen LogP) is 1.80. The van der Waals surface area contributed by atoms with Crippen LogP contribution in [0.2, 0.25) is 5.15 Å². The van der Waals surface area contributed by atoms with Crippen molar-refractivity contribution in [1.29, 1.82) is 0 Å². The third-order valence-electron chi connectivity index (χ3n) is 4.38. The van der Waals surface area contributed by atoms with E-state index in [9.17, 15) is 9.90 Å². The van der Waals surface area contributed by atoms with Gasteiger partial charge in [0.15, 0.2) is 0 Å². The SMILES string of the molecule is O=C(Nc1ccc(Cl)nc1)N1C[C@H](O)[C@@H](N2CCCCC2)C1. The maximum absolute atomic E-state index is 12.3. The van der Waals surface area contributed by atoms with Gasteiger partial charge in [0.2, 0.25) is 0 Å². The third kappa shape index (κ3) is 3.51. The van der Waals surface area contributed by atoms with Crippen molar-refractivity contribution in [3.05, 3.63) is 23.5 Å². The van der Waals surface area contributed by atoms with Gasteiger partial charge in [-0.25, -0.2) is 9.78 Å². The number of pyridine rings is 1. The summed E-state index contributed by atoms with van der Waals surface area (Å²) in [6.07, 6.45) is 4.65. The summed E-state index contributed by atoms with van der Waals surface area (Å²) < 4.78 is 0. The van der Waals surface area contributed by atoms with Crippen LogP contribution in [0.4, 0.5) is 10.5 Å². The number of urea groups is 1. The zero-order valence-corrected chi connectivity index (χ0v) is 13.2. The highest BCUT2D eigenvalue weighted by molar-refractivity contribution is 6.29. The Labute approximate surface area is 135 Å². The van der Waals surface area contributed by atoms with Crippen molar-refractivity contribution < 1.29 is 9.90 Å². The molecule has 0 unspecified atom stereocenters. The third-order valence-corrected chi connectivity index (χ3v) is 4.61. The first-order chi connectivity index (χ1) is 10.6. The Morgan fingerprint density at radius 2 is 2.05 bits per heavy atom. The van der Waals surface area contributed by atoms with Crippen LogP contribution in [-0.4, -0.2) is 64.2 Å². The molecule has 0 aliphatic carbocycles. The highest BCUT2D eigenvalue weighted by atomic mass is 35.5. The summed E-state index contributed by atoms with van der Waals surface area (Å²) in [5, 5.41) is 13.4. The lowest BCUT2D eigenvalue weighted by molar-refractivity contribution is 0.0706. The number of piperidine rings is 1. The molecular formula is C15H21ClN4O2. The summed E-state index contributed by atoms with van der Waals surface area (Å²) in [5.74, 6) is 0. The number of amides is 2. The van der Waals surface area contributed by atoms with Crippen LogP contribution in [0.25, 0.3) is 0 Å². The van der Waals surface area contributed by atoms with E-state index < -0.39 is 6.10 Å². The summed E-state index contributed by atoms with van der Waals surface area (Å²) in [5.41, 5.74) is 0.602. The molecular weight excluding hydrogens is 304 g/mol. The highest BCUT2D eigenvalue weighted by Crippen LogP contribution is 2.21. The second-order valence-electron chi connectivity index (χ2n) is 5.94. The molecule has 0 radical (unpaired) electrons. The largest absolute Gasteiger partial charge is 0.390 e. The molecule has 2 N–H and O–H groups in total. The standard InChI is InChI=1S/C15H21ClN4O2/c16-14-5-4-11(8-17-14)18-15(22)20-9-12(13(21)10-20)19-6-2-1-3-7-19/h4-5,8,12-13,21H,1-3,6-7,9-10H2,(H,18,22)/t12-,13-/m0/s1. The summed E-state index contributed by atoms with van der Waals surface area (Å²) in [4.78, 5) is 20.2. The molecule has 0 spiro atoms. The Hall–Kier alpha value is -1.37. The molecule has 7 heteroatoms. The molecule has 2 amide bonds. The molecule has 2 saturated heterocycles. The average Bonchev–Trinajstić information content (AvgIpc) is 2.92. The molecule has 3 heterocycles. The highest BCUT2D eigenvalue weighted by Gasteiger charge is 2.37. The maximum Gasteiger partial charge on any atom is 0.322 e. The van der Waals surface area contributed by atoms with Crippen molar-refractivity contribution in [3.63, 3.8) is 0 Å². The molecule has 22 heavy (non-hydrogen) atoms. The maximum atomic E-state index is 12.3. The predicted molar refractivity (Wildman–Crippen MR) is 85.1 cm³/mol. The number of aliphatic hydroxyl groups excluding tert-OH is 1. The van der Waals surface area contributed by atoms with Gasteiger partial charge < -0.3 is 15.3 Å². The van der Waals surface area contributed by atoms with Crippen LogP contribution in [0, 0.1) is 0 Å². The van der Waals surface area contributed by atoms with Gasteiger partial charge in [0.25, 0.3) is 0 Å². The molecule has 6 nitrogen and oxygen atoms in total. The van der Waals surface area contributed by atoms with Gasteiger partial charge in [-0.05, 0) is 38.1 Å². The molecule has 2 aliphatic rings. The Morgan fingerprint density at radius 3 is 2.73 bits per heavy atom. The lowest BCUT2D eigenvalue weighted by Crippen LogP contribution is -2.46. The van der Waals surface area contributed by atoms with Crippen LogP contribution in [-0.2, 0) is 0 Å². The number of β-amino-alcohol motifs (C(OH)–C–C–N with tert-alkyl or cyclic N) is 1. The quantitative estimate of drug-likeness (QED) is 0.814. The zero-order valence-electron chi connectivity index (χ0n) is 12.4. The smallest absolute Gasteiger partial charge is 0.322 e. The monoisotopic (exact) mass is 324 g/mol. The van der Waals surface area contributed by atoms with Crippen LogP contribution in [0.15, 0.2) is 18.3 Å². The van der Waals surface area contributed by atoms with Gasteiger partial charge in [-0.15, -0.1) is 0 Å². The van der Waals surface area contributed by atoms with Crippen molar-refractivity contribution in [1.82, 2.24) is 14.8 Å². The Balaban J connectivity index is 1.58. The van der Waals surface area contributed by atoms with Crippen LogP contribution in [0.5, 0.6) is 0 Å². The number of rotatable bonds is 2. The molecule has 1 aromatic heterocycles. The number of carbonyl (C=O) groups excluding carboxylic acids is 1. The van der Waals surface area contributed by atoms with E-state index in [2.05, 4.69) is 15.2 Å².